The Balaban J connectivity index is 1.78. The summed E-state index contributed by atoms with van der Waals surface area (Å²) in [4.78, 5) is 28.8. The highest BCUT2D eigenvalue weighted by molar-refractivity contribution is 6.52. The quantitative estimate of drug-likeness (QED) is 0.206. The Hall–Kier alpha value is -4.32. The lowest BCUT2D eigenvalue weighted by molar-refractivity contribution is -0.132. The van der Waals surface area contributed by atoms with Crippen molar-refractivity contribution in [2.45, 2.75) is 33.7 Å². The number of carbonyl (C=O) groups is 2. The second-order valence-electron chi connectivity index (χ2n) is 9.64. The Labute approximate surface area is 216 Å². The van der Waals surface area contributed by atoms with Crippen LogP contribution in [0.4, 0.5) is 5.69 Å². The van der Waals surface area contributed by atoms with Gasteiger partial charge in [0.2, 0.25) is 0 Å². The molecule has 0 spiro atoms. The maximum Gasteiger partial charge on any atom is 0.300 e. The molecule has 1 unspecified atom stereocenters. The zero-order valence-electron chi connectivity index (χ0n) is 21.7. The van der Waals surface area contributed by atoms with E-state index >= 15 is 0 Å². The Morgan fingerprint density at radius 2 is 1.68 bits per heavy atom. The predicted molar refractivity (Wildman–Crippen MR) is 146 cm³/mol. The molecule has 1 aliphatic rings. The smallest absolute Gasteiger partial charge is 0.300 e. The summed E-state index contributed by atoms with van der Waals surface area (Å²) in [5, 5.41) is 12.5. The highest BCUT2D eigenvalue weighted by Crippen LogP contribution is 2.45. The van der Waals surface area contributed by atoms with Crippen LogP contribution < -0.4 is 9.64 Å². The van der Waals surface area contributed by atoms with Gasteiger partial charge in [-0.2, -0.15) is 0 Å². The van der Waals surface area contributed by atoms with Crippen molar-refractivity contribution >= 4 is 34.0 Å². The third-order valence-electron chi connectivity index (χ3n) is 6.90. The van der Waals surface area contributed by atoms with Crippen LogP contribution in [0.15, 0.2) is 72.4 Å². The number of hydrogen-bond donors (Lipinski definition) is 1. The van der Waals surface area contributed by atoms with Gasteiger partial charge in [-0.15, -0.1) is 0 Å². The SMILES string of the molecule is CCOc1ccc(/C(O)=C2\C(=O)C(=O)N(c3cc(C)cc(C)c3)C2c2cn(C)c3ccccc23)cc1C. The second-order valence-corrected chi connectivity index (χ2v) is 9.64. The summed E-state index contributed by atoms with van der Waals surface area (Å²) in [6.45, 7) is 8.24. The van der Waals surface area contributed by atoms with E-state index in [9.17, 15) is 14.7 Å². The molecule has 1 fully saturated rings. The van der Waals surface area contributed by atoms with Crippen LogP contribution in [0.1, 0.15) is 40.8 Å². The first kappa shape index (κ1) is 24.4. The van der Waals surface area contributed by atoms with E-state index in [1.165, 1.54) is 4.90 Å². The molecule has 1 aliphatic heterocycles. The van der Waals surface area contributed by atoms with Crippen molar-refractivity contribution in [3.05, 3.63) is 100 Å². The summed E-state index contributed by atoms with van der Waals surface area (Å²) in [6.07, 6.45) is 1.94. The Bertz CT molecular complexity index is 1570. The molecule has 37 heavy (non-hydrogen) atoms. The van der Waals surface area contributed by atoms with Crippen LogP contribution in [0.2, 0.25) is 0 Å². The summed E-state index contributed by atoms with van der Waals surface area (Å²) in [6, 6.07) is 18.2. The maximum absolute atomic E-state index is 13.6. The number of anilines is 1. The van der Waals surface area contributed by atoms with Crippen LogP contribution >= 0.6 is 0 Å². The third kappa shape index (κ3) is 4.08. The fourth-order valence-corrected chi connectivity index (χ4v) is 5.34. The van der Waals surface area contributed by atoms with Gasteiger partial charge in [0.15, 0.2) is 0 Å². The predicted octanol–water partition coefficient (Wildman–Crippen LogP) is 6.13. The zero-order valence-corrected chi connectivity index (χ0v) is 21.7. The molecule has 1 N–H and O–H groups in total. The summed E-state index contributed by atoms with van der Waals surface area (Å²) in [7, 11) is 1.94. The number of ether oxygens (including phenoxy) is 1. The van der Waals surface area contributed by atoms with Crippen molar-refractivity contribution < 1.29 is 19.4 Å². The third-order valence-corrected chi connectivity index (χ3v) is 6.90. The largest absolute Gasteiger partial charge is 0.507 e. The van der Waals surface area contributed by atoms with Gasteiger partial charge in [0.25, 0.3) is 11.7 Å². The molecule has 6 nitrogen and oxygen atoms in total. The standard InChI is InChI=1S/C31H30N2O4/c1-6-37-26-12-11-21(16-20(26)4)29(34)27-28(24-17-32(5)25-10-8-7-9-23(24)25)33(31(36)30(27)35)22-14-18(2)13-19(3)15-22/h7-17,28,34H,6H2,1-5H3/b29-27+. The minimum Gasteiger partial charge on any atom is -0.507 e. The molecule has 1 amide bonds. The van der Waals surface area contributed by atoms with E-state index in [4.69, 9.17) is 4.74 Å². The van der Waals surface area contributed by atoms with Crippen LogP contribution in [0.25, 0.3) is 16.7 Å². The van der Waals surface area contributed by atoms with Crippen molar-refractivity contribution in [3.8, 4) is 5.75 Å². The molecule has 2 heterocycles. The van der Waals surface area contributed by atoms with Gasteiger partial charge < -0.3 is 14.4 Å². The summed E-state index contributed by atoms with van der Waals surface area (Å²) in [5.41, 5.74) is 5.71. The summed E-state index contributed by atoms with van der Waals surface area (Å²) in [5.74, 6) is -0.858. The average Bonchev–Trinajstić information content (AvgIpc) is 3.33. The van der Waals surface area contributed by atoms with E-state index < -0.39 is 17.7 Å². The van der Waals surface area contributed by atoms with Gasteiger partial charge in [-0.3, -0.25) is 14.5 Å². The number of aromatic nitrogens is 1. The number of benzene rings is 3. The topological polar surface area (TPSA) is 71.8 Å². The normalized spacial score (nSPS) is 17.1. The van der Waals surface area contributed by atoms with Crippen molar-refractivity contribution in [1.29, 1.82) is 0 Å². The van der Waals surface area contributed by atoms with Gasteiger partial charge in [0.05, 0.1) is 18.2 Å². The highest BCUT2D eigenvalue weighted by Gasteiger charge is 2.48. The van der Waals surface area contributed by atoms with Crippen LogP contribution in [0.3, 0.4) is 0 Å². The molecule has 188 valence electrons. The number of ketones is 1. The number of carbonyl (C=O) groups excluding carboxylic acids is 2. The number of aryl methyl sites for hydroxylation is 4. The number of aliphatic hydroxyl groups excluding tert-OH is 1. The summed E-state index contributed by atoms with van der Waals surface area (Å²) < 4.78 is 7.62. The number of hydrogen-bond acceptors (Lipinski definition) is 4. The van der Waals surface area contributed by atoms with E-state index in [0.717, 1.165) is 33.2 Å². The number of aliphatic hydroxyl groups is 1. The molecule has 0 bridgehead atoms. The number of Topliss-reactive ketones (excluding diaryl/α,β-unsaturated/α-hetero) is 1. The summed E-state index contributed by atoms with van der Waals surface area (Å²) >= 11 is 0. The Morgan fingerprint density at radius 3 is 2.35 bits per heavy atom. The number of amides is 1. The minimum absolute atomic E-state index is 0.0732. The second kappa shape index (κ2) is 9.28. The molecule has 0 radical (unpaired) electrons. The van der Waals surface area contributed by atoms with Crippen molar-refractivity contribution in [3.63, 3.8) is 0 Å². The molecule has 3 aromatic carbocycles. The highest BCUT2D eigenvalue weighted by atomic mass is 16.5. The molecule has 1 aromatic heterocycles. The Morgan fingerprint density at radius 1 is 0.973 bits per heavy atom. The zero-order chi connectivity index (χ0) is 26.4. The average molecular weight is 495 g/mol. The Kier molecular flexibility index (Phi) is 6.12. The van der Waals surface area contributed by atoms with Gasteiger partial charge in [-0.1, -0.05) is 24.3 Å². The lowest BCUT2D eigenvalue weighted by atomic mass is 9.94. The molecule has 0 aliphatic carbocycles. The van der Waals surface area contributed by atoms with E-state index in [0.29, 0.717) is 23.6 Å². The van der Waals surface area contributed by atoms with Gasteiger partial charge >= 0.3 is 0 Å². The fraction of sp³-hybridized carbons (Fsp3) is 0.226. The first-order valence-electron chi connectivity index (χ1n) is 12.4. The fourth-order valence-electron chi connectivity index (χ4n) is 5.34. The lowest BCUT2D eigenvalue weighted by Crippen LogP contribution is -2.29. The van der Waals surface area contributed by atoms with Crippen LogP contribution in [-0.4, -0.2) is 28.0 Å². The van der Waals surface area contributed by atoms with Crippen LogP contribution in [-0.2, 0) is 16.6 Å². The van der Waals surface area contributed by atoms with Gasteiger partial charge in [-0.25, -0.2) is 0 Å². The number of rotatable bonds is 5. The van der Waals surface area contributed by atoms with E-state index in [1.807, 2.05) is 88.0 Å². The first-order valence-corrected chi connectivity index (χ1v) is 12.4. The molecule has 6 heteroatoms. The number of fused-ring (bicyclic) bond motifs is 1. The van der Waals surface area contributed by atoms with Gasteiger partial charge in [0, 0.05) is 41.0 Å². The van der Waals surface area contributed by atoms with Gasteiger partial charge in [-0.05, 0) is 80.8 Å². The maximum atomic E-state index is 13.6. The molecular formula is C31H30N2O4. The van der Waals surface area contributed by atoms with E-state index in [2.05, 4.69) is 0 Å². The van der Waals surface area contributed by atoms with Crippen molar-refractivity contribution in [2.75, 3.05) is 11.5 Å². The first-order chi connectivity index (χ1) is 17.7. The monoisotopic (exact) mass is 494 g/mol. The number of nitrogens with zero attached hydrogens (tertiary/aromatic N) is 2. The molecule has 1 atom stereocenters. The molecule has 0 saturated carbocycles. The molecule has 5 rings (SSSR count). The van der Waals surface area contributed by atoms with E-state index in [1.54, 1.807) is 18.2 Å². The minimum atomic E-state index is -0.792. The molecular weight excluding hydrogens is 464 g/mol. The van der Waals surface area contributed by atoms with Crippen LogP contribution in [0, 0.1) is 20.8 Å². The van der Waals surface area contributed by atoms with E-state index in [-0.39, 0.29) is 11.3 Å². The molecule has 4 aromatic rings. The molecule has 1 saturated heterocycles. The van der Waals surface area contributed by atoms with Crippen molar-refractivity contribution in [2.24, 2.45) is 7.05 Å². The number of para-hydroxylation sites is 1. The van der Waals surface area contributed by atoms with Gasteiger partial charge in [0.1, 0.15) is 11.5 Å². The lowest BCUT2D eigenvalue weighted by Gasteiger charge is -2.26. The van der Waals surface area contributed by atoms with Crippen molar-refractivity contribution in [1.82, 2.24) is 4.57 Å². The van der Waals surface area contributed by atoms with Crippen LogP contribution in [0.5, 0.6) is 5.75 Å².